The summed E-state index contributed by atoms with van der Waals surface area (Å²) in [6.07, 6.45) is 5.33. The van der Waals surface area contributed by atoms with Crippen molar-refractivity contribution >= 4 is 28.8 Å². The molecule has 4 heterocycles. The number of carbonyl (C=O) groups is 1. The Balaban J connectivity index is 1.84. The number of halogens is 1. The van der Waals surface area contributed by atoms with Crippen molar-refractivity contribution in [1.82, 2.24) is 19.6 Å². The maximum Gasteiger partial charge on any atom is 0.212 e. The van der Waals surface area contributed by atoms with Crippen molar-refractivity contribution in [2.45, 2.75) is 0 Å². The minimum Gasteiger partial charge on any atom is -0.343 e. The maximum absolute atomic E-state index is 13.7. The van der Waals surface area contributed by atoms with Gasteiger partial charge in [0.1, 0.15) is 11.5 Å². The van der Waals surface area contributed by atoms with Crippen molar-refractivity contribution < 1.29 is 9.18 Å². The Labute approximate surface area is 123 Å². The second kappa shape index (κ2) is 4.66. The first-order valence-electron chi connectivity index (χ1n) is 6.57. The SMILES string of the molecule is O=CNc1cc2cc(-c3cnc4[nH]cc(F)c4c3)ccn2n1. The van der Waals surface area contributed by atoms with Crippen LogP contribution in [-0.2, 0) is 4.79 Å². The van der Waals surface area contributed by atoms with Gasteiger partial charge in [0.25, 0.3) is 0 Å². The number of nitrogens with one attached hydrogen (secondary N) is 2. The molecule has 2 N–H and O–H groups in total. The fourth-order valence-corrected chi connectivity index (χ4v) is 2.43. The average Bonchev–Trinajstić information content (AvgIpc) is 3.10. The minimum atomic E-state index is -0.327. The summed E-state index contributed by atoms with van der Waals surface area (Å²) < 4.78 is 15.3. The molecular formula is C15H10FN5O. The number of hydrogen-bond acceptors (Lipinski definition) is 3. The van der Waals surface area contributed by atoms with Crippen LogP contribution in [0.2, 0.25) is 0 Å². The van der Waals surface area contributed by atoms with E-state index in [1.807, 2.05) is 12.1 Å². The first-order chi connectivity index (χ1) is 10.7. The van der Waals surface area contributed by atoms with E-state index in [0.29, 0.717) is 23.3 Å². The predicted molar refractivity (Wildman–Crippen MR) is 79.9 cm³/mol. The Morgan fingerprint density at radius 3 is 3.05 bits per heavy atom. The van der Waals surface area contributed by atoms with Crippen molar-refractivity contribution in [3.63, 3.8) is 0 Å². The van der Waals surface area contributed by atoms with Crippen LogP contribution in [0.25, 0.3) is 27.7 Å². The van der Waals surface area contributed by atoms with Crippen molar-refractivity contribution in [2.24, 2.45) is 0 Å². The van der Waals surface area contributed by atoms with Crippen LogP contribution in [0, 0.1) is 5.82 Å². The molecule has 0 aliphatic carbocycles. The Morgan fingerprint density at radius 2 is 2.18 bits per heavy atom. The molecule has 1 amide bonds. The molecule has 0 unspecified atom stereocenters. The van der Waals surface area contributed by atoms with E-state index < -0.39 is 0 Å². The van der Waals surface area contributed by atoms with Crippen LogP contribution >= 0.6 is 0 Å². The predicted octanol–water partition coefficient (Wildman–Crippen LogP) is 2.58. The number of carbonyl (C=O) groups excluding carboxylic acids is 1. The molecule has 4 aromatic heterocycles. The lowest BCUT2D eigenvalue weighted by Gasteiger charge is -2.02. The number of H-pyrrole nitrogens is 1. The highest BCUT2D eigenvalue weighted by Gasteiger charge is 2.08. The molecule has 0 spiro atoms. The van der Waals surface area contributed by atoms with E-state index in [4.69, 9.17) is 0 Å². The van der Waals surface area contributed by atoms with Gasteiger partial charge < -0.3 is 10.3 Å². The molecule has 0 bridgehead atoms. The lowest BCUT2D eigenvalue weighted by atomic mass is 10.1. The molecule has 108 valence electrons. The molecule has 7 heteroatoms. The van der Waals surface area contributed by atoms with Crippen LogP contribution < -0.4 is 5.32 Å². The van der Waals surface area contributed by atoms with Gasteiger partial charge in [-0.3, -0.25) is 4.79 Å². The summed E-state index contributed by atoms with van der Waals surface area (Å²) >= 11 is 0. The third-order valence-electron chi connectivity index (χ3n) is 3.48. The van der Waals surface area contributed by atoms with Crippen LogP contribution in [-0.4, -0.2) is 26.0 Å². The minimum absolute atomic E-state index is 0.327. The van der Waals surface area contributed by atoms with Crippen LogP contribution in [0.5, 0.6) is 0 Å². The largest absolute Gasteiger partial charge is 0.343 e. The number of pyridine rings is 2. The highest BCUT2D eigenvalue weighted by Crippen LogP contribution is 2.25. The Bertz CT molecular complexity index is 1000. The van der Waals surface area contributed by atoms with Crippen molar-refractivity contribution in [3.8, 4) is 11.1 Å². The molecule has 0 fully saturated rings. The van der Waals surface area contributed by atoms with Gasteiger partial charge in [-0.25, -0.2) is 13.9 Å². The summed E-state index contributed by atoms with van der Waals surface area (Å²) in [6.45, 7) is 0. The van der Waals surface area contributed by atoms with Gasteiger partial charge in [-0.2, -0.15) is 5.10 Å². The molecule has 0 saturated carbocycles. The van der Waals surface area contributed by atoms with Crippen molar-refractivity contribution in [1.29, 1.82) is 0 Å². The quantitative estimate of drug-likeness (QED) is 0.570. The van der Waals surface area contributed by atoms with E-state index in [2.05, 4.69) is 20.4 Å². The van der Waals surface area contributed by atoms with Crippen LogP contribution in [0.3, 0.4) is 0 Å². The molecule has 0 radical (unpaired) electrons. The van der Waals surface area contributed by atoms with E-state index >= 15 is 0 Å². The van der Waals surface area contributed by atoms with Crippen LogP contribution in [0.1, 0.15) is 0 Å². The Morgan fingerprint density at radius 1 is 1.27 bits per heavy atom. The molecule has 6 nitrogen and oxygen atoms in total. The number of amides is 1. The third-order valence-corrected chi connectivity index (χ3v) is 3.48. The van der Waals surface area contributed by atoms with E-state index in [-0.39, 0.29) is 5.82 Å². The number of fused-ring (bicyclic) bond motifs is 2. The van der Waals surface area contributed by atoms with Crippen molar-refractivity contribution in [2.75, 3.05) is 5.32 Å². The normalized spacial score (nSPS) is 11.1. The second-order valence-corrected chi connectivity index (χ2v) is 4.83. The first kappa shape index (κ1) is 12.5. The van der Waals surface area contributed by atoms with Crippen LogP contribution in [0.15, 0.2) is 42.9 Å². The Hall–Kier alpha value is -3.22. The third kappa shape index (κ3) is 1.91. The van der Waals surface area contributed by atoms with E-state index in [0.717, 1.165) is 16.6 Å². The molecule has 4 aromatic rings. The molecular weight excluding hydrogens is 285 g/mol. The zero-order valence-corrected chi connectivity index (χ0v) is 11.2. The number of nitrogens with zero attached hydrogens (tertiary/aromatic N) is 3. The number of rotatable bonds is 3. The summed E-state index contributed by atoms with van der Waals surface area (Å²) in [5, 5.41) is 7.15. The van der Waals surface area contributed by atoms with Gasteiger partial charge in [0, 0.05) is 30.2 Å². The molecule has 4 rings (SSSR count). The molecule has 0 aromatic carbocycles. The van der Waals surface area contributed by atoms with Gasteiger partial charge in [0.15, 0.2) is 5.82 Å². The first-order valence-corrected chi connectivity index (χ1v) is 6.57. The lowest BCUT2D eigenvalue weighted by molar-refractivity contribution is -0.105. The van der Waals surface area contributed by atoms with Gasteiger partial charge in [-0.1, -0.05) is 0 Å². The maximum atomic E-state index is 13.7. The summed E-state index contributed by atoms with van der Waals surface area (Å²) in [7, 11) is 0. The summed E-state index contributed by atoms with van der Waals surface area (Å²) in [6, 6.07) is 7.26. The van der Waals surface area contributed by atoms with Crippen LogP contribution in [0.4, 0.5) is 10.2 Å². The zero-order valence-electron chi connectivity index (χ0n) is 11.2. The van der Waals surface area contributed by atoms with Gasteiger partial charge in [0.2, 0.25) is 6.41 Å². The number of hydrogen-bond donors (Lipinski definition) is 2. The van der Waals surface area contributed by atoms with Gasteiger partial charge in [0.05, 0.1) is 10.9 Å². The fourth-order valence-electron chi connectivity index (χ4n) is 2.43. The topological polar surface area (TPSA) is 75.1 Å². The van der Waals surface area contributed by atoms with E-state index in [1.165, 1.54) is 6.20 Å². The second-order valence-electron chi connectivity index (χ2n) is 4.83. The summed E-state index contributed by atoms with van der Waals surface area (Å²) in [5.74, 6) is 0.143. The number of aromatic amines is 1. The monoisotopic (exact) mass is 295 g/mol. The summed E-state index contributed by atoms with van der Waals surface area (Å²) in [4.78, 5) is 17.5. The van der Waals surface area contributed by atoms with Gasteiger partial charge in [-0.05, 0) is 23.8 Å². The zero-order chi connectivity index (χ0) is 15.1. The highest BCUT2D eigenvalue weighted by molar-refractivity contribution is 5.83. The van der Waals surface area contributed by atoms with Gasteiger partial charge >= 0.3 is 0 Å². The number of anilines is 1. The molecule has 0 saturated heterocycles. The highest BCUT2D eigenvalue weighted by atomic mass is 19.1. The van der Waals surface area contributed by atoms with Crippen molar-refractivity contribution in [3.05, 3.63) is 48.7 Å². The van der Waals surface area contributed by atoms with E-state index in [1.54, 1.807) is 29.0 Å². The molecule has 0 atom stereocenters. The Kier molecular flexibility index (Phi) is 2.65. The number of aromatic nitrogens is 4. The fraction of sp³-hybridized carbons (Fsp3) is 0. The molecule has 22 heavy (non-hydrogen) atoms. The smallest absolute Gasteiger partial charge is 0.212 e. The standard InChI is InChI=1S/C15H10FN5O/c16-13-7-18-15-12(13)4-10(6-17-15)9-1-2-21-11(3-9)5-14(20-21)19-8-22/h1-8H,(H,17,18)(H,19,20,22). The average molecular weight is 295 g/mol. The molecule has 0 aliphatic rings. The van der Waals surface area contributed by atoms with E-state index in [9.17, 15) is 9.18 Å². The molecule has 0 aliphatic heterocycles. The van der Waals surface area contributed by atoms with Gasteiger partial charge in [-0.15, -0.1) is 0 Å². The lowest BCUT2D eigenvalue weighted by Crippen LogP contribution is -1.94. The summed E-state index contributed by atoms with van der Waals surface area (Å²) in [5.41, 5.74) is 3.03.